The molecule has 0 aromatic carbocycles. The first kappa shape index (κ1) is 13.6. The zero-order chi connectivity index (χ0) is 14.5. The lowest BCUT2D eigenvalue weighted by Gasteiger charge is -2.05. The second kappa shape index (κ2) is 5.89. The fourth-order valence-corrected chi connectivity index (χ4v) is 2.01. The number of pyridine rings is 1. The Morgan fingerprint density at radius 3 is 2.55 bits per heavy atom. The Hall–Kier alpha value is -2.81. The van der Waals surface area contributed by atoms with Crippen molar-refractivity contribution in [2.75, 3.05) is 0 Å². The van der Waals surface area contributed by atoms with E-state index < -0.39 is 16.7 Å². The van der Waals surface area contributed by atoms with Crippen molar-refractivity contribution in [1.29, 1.82) is 0 Å². The summed E-state index contributed by atoms with van der Waals surface area (Å²) in [6, 6.07) is 5.65. The molecule has 0 radical (unpaired) electrons. The number of carbonyl (C=O) groups is 2. The van der Waals surface area contributed by atoms with Crippen LogP contribution in [0.25, 0.3) is 0 Å². The van der Waals surface area contributed by atoms with Gasteiger partial charge in [-0.2, -0.15) is 0 Å². The predicted octanol–water partition coefficient (Wildman–Crippen LogP) is 1.13. The number of carbonyl (C=O) groups excluding carboxylic acids is 2. The molecular formula is C11H8N4O4S. The van der Waals surface area contributed by atoms with Gasteiger partial charge in [0.1, 0.15) is 4.88 Å². The lowest BCUT2D eigenvalue weighted by molar-refractivity contribution is -0.380. The van der Waals surface area contributed by atoms with Gasteiger partial charge in [0, 0.05) is 18.5 Å². The van der Waals surface area contributed by atoms with Gasteiger partial charge in [0.15, 0.2) is 0 Å². The van der Waals surface area contributed by atoms with Crippen LogP contribution in [0, 0.1) is 10.1 Å². The molecule has 102 valence electrons. The topological polar surface area (TPSA) is 114 Å². The Kier molecular flexibility index (Phi) is 4.01. The minimum Gasteiger partial charge on any atom is -0.267 e. The number of hydrogen-bond donors (Lipinski definition) is 2. The van der Waals surface area contributed by atoms with Gasteiger partial charge >= 0.3 is 5.00 Å². The smallest absolute Gasteiger partial charge is 0.267 e. The molecule has 2 heterocycles. The van der Waals surface area contributed by atoms with Gasteiger partial charge in [-0.15, -0.1) is 0 Å². The lowest BCUT2D eigenvalue weighted by atomic mass is 10.3. The number of rotatable bonds is 3. The zero-order valence-corrected chi connectivity index (χ0v) is 10.7. The number of nitro groups is 1. The largest absolute Gasteiger partial charge is 0.324 e. The van der Waals surface area contributed by atoms with Crippen LogP contribution in [0.3, 0.4) is 0 Å². The number of nitrogens with one attached hydrogen (secondary N) is 2. The molecule has 0 unspecified atom stereocenters. The van der Waals surface area contributed by atoms with Gasteiger partial charge < -0.3 is 0 Å². The molecular weight excluding hydrogens is 284 g/mol. The Balaban J connectivity index is 1.95. The van der Waals surface area contributed by atoms with Crippen molar-refractivity contribution in [2.45, 2.75) is 0 Å². The van der Waals surface area contributed by atoms with Gasteiger partial charge in [0.05, 0.1) is 10.5 Å². The number of hydrazine groups is 1. The Morgan fingerprint density at radius 1 is 1.20 bits per heavy atom. The first-order chi connectivity index (χ1) is 9.58. The normalized spacial score (nSPS) is 9.80. The average molecular weight is 292 g/mol. The van der Waals surface area contributed by atoms with E-state index in [1.165, 1.54) is 30.6 Å². The van der Waals surface area contributed by atoms with E-state index in [0.717, 1.165) is 11.3 Å². The van der Waals surface area contributed by atoms with Crippen molar-refractivity contribution >= 4 is 28.2 Å². The molecule has 2 amide bonds. The van der Waals surface area contributed by atoms with Crippen molar-refractivity contribution in [1.82, 2.24) is 15.8 Å². The standard InChI is InChI=1S/C11H8N4O4S/c16-10(7-2-1-5-12-6-7)13-14-11(17)8-3-4-9(20-8)15(18)19/h1-6H,(H,13,16)(H,14,17). The van der Waals surface area contributed by atoms with E-state index in [0.29, 0.717) is 0 Å². The molecule has 2 N–H and O–H groups in total. The molecule has 0 aliphatic carbocycles. The first-order valence-corrected chi connectivity index (χ1v) is 6.14. The van der Waals surface area contributed by atoms with Gasteiger partial charge in [-0.3, -0.25) is 35.5 Å². The highest BCUT2D eigenvalue weighted by Crippen LogP contribution is 2.23. The number of nitrogens with zero attached hydrogens (tertiary/aromatic N) is 2. The number of amides is 2. The third kappa shape index (κ3) is 3.14. The summed E-state index contributed by atoms with van der Waals surface area (Å²) in [5.74, 6) is -1.15. The molecule has 2 aromatic rings. The van der Waals surface area contributed by atoms with Crippen molar-refractivity contribution < 1.29 is 14.5 Å². The molecule has 2 rings (SSSR count). The third-order valence-electron chi connectivity index (χ3n) is 2.21. The van der Waals surface area contributed by atoms with Crippen LogP contribution in [0.4, 0.5) is 5.00 Å². The quantitative estimate of drug-likeness (QED) is 0.650. The fourth-order valence-electron chi connectivity index (χ4n) is 1.29. The second-order valence-corrected chi connectivity index (χ2v) is 4.61. The highest BCUT2D eigenvalue weighted by molar-refractivity contribution is 7.17. The van der Waals surface area contributed by atoms with E-state index >= 15 is 0 Å². The summed E-state index contributed by atoms with van der Waals surface area (Å²) < 4.78 is 0. The van der Waals surface area contributed by atoms with E-state index in [9.17, 15) is 19.7 Å². The van der Waals surface area contributed by atoms with E-state index in [-0.39, 0.29) is 15.4 Å². The predicted molar refractivity (Wildman–Crippen MR) is 70.1 cm³/mol. The molecule has 0 fully saturated rings. The van der Waals surface area contributed by atoms with Crippen LogP contribution in [-0.2, 0) is 0 Å². The molecule has 20 heavy (non-hydrogen) atoms. The first-order valence-electron chi connectivity index (χ1n) is 5.33. The molecule has 0 aliphatic rings. The molecule has 0 atom stereocenters. The highest BCUT2D eigenvalue weighted by atomic mass is 32.1. The van der Waals surface area contributed by atoms with Gasteiger partial charge in [-0.25, -0.2) is 0 Å². The maximum absolute atomic E-state index is 11.7. The SMILES string of the molecule is O=C(NNC(=O)c1ccc([N+](=O)[O-])s1)c1cccnc1. The zero-order valence-electron chi connectivity index (χ0n) is 9.90. The molecule has 0 aliphatic heterocycles. The average Bonchev–Trinajstić information content (AvgIpc) is 2.95. The maximum Gasteiger partial charge on any atom is 0.324 e. The van der Waals surface area contributed by atoms with Gasteiger partial charge in [-0.05, 0) is 18.2 Å². The van der Waals surface area contributed by atoms with Crippen LogP contribution >= 0.6 is 11.3 Å². The van der Waals surface area contributed by atoms with Crippen molar-refractivity contribution in [3.8, 4) is 0 Å². The van der Waals surface area contributed by atoms with Crippen LogP contribution in [0.5, 0.6) is 0 Å². The molecule has 0 saturated carbocycles. The third-order valence-corrected chi connectivity index (χ3v) is 3.24. The molecule has 0 saturated heterocycles. The van der Waals surface area contributed by atoms with Crippen LogP contribution in [0.2, 0.25) is 0 Å². The minimum absolute atomic E-state index is 0.128. The highest BCUT2D eigenvalue weighted by Gasteiger charge is 2.15. The van der Waals surface area contributed by atoms with Crippen LogP contribution in [0.15, 0.2) is 36.7 Å². The van der Waals surface area contributed by atoms with Gasteiger partial charge in [0.25, 0.3) is 11.8 Å². The van der Waals surface area contributed by atoms with E-state index in [1.54, 1.807) is 6.07 Å². The molecule has 8 nitrogen and oxygen atoms in total. The number of hydrogen-bond acceptors (Lipinski definition) is 6. The summed E-state index contributed by atoms with van der Waals surface area (Å²) in [6.45, 7) is 0. The second-order valence-electron chi connectivity index (χ2n) is 3.54. The Labute approximate surface area is 116 Å². The lowest BCUT2D eigenvalue weighted by Crippen LogP contribution is -2.41. The Morgan fingerprint density at radius 2 is 1.95 bits per heavy atom. The maximum atomic E-state index is 11.7. The van der Waals surface area contributed by atoms with Gasteiger partial charge in [0.2, 0.25) is 0 Å². The van der Waals surface area contributed by atoms with Crippen molar-refractivity contribution in [3.05, 3.63) is 57.2 Å². The van der Waals surface area contributed by atoms with Crippen LogP contribution in [-0.4, -0.2) is 21.7 Å². The summed E-state index contributed by atoms with van der Waals surface area (Å²) in [6.07, 6.45) is 2.86. The van der Waals surface area contributed by atoms with E-state index in [1.807, 2.05) is 0 Å². The summed E-state index contributed by atoms with van der Waals surface area (Å²) in [7, 11) is 0. The number of thiophene rings is 1. The molecule has 9 heteroatoms. The Bertz CT molecular complexity index is 655. The summed E-state index contributed by atoms with van der Waals surface area (Å²) >= 11 is 0.722. The van der Waals surface area contributed by atoms with Gasteiger partial charge in [-0.1, -0.05) is 11.3 Å². The van der Waals surface area contributed by atoms with E-state index in [2.05, 4.69) is 15.8 Å². The van der Waals surface area contributed by atoms with Crippen LogP contribution < -0.4 is 10.9 Å². The molecule has 0 bridgehead atoms. The monoisotopic (exact) mass is 292 g/mol. The van der Waals surface area contributed by atoms with Crippen molar-refractivity contribution in [3.63, 3.8) is 0 Å². The van der Waals surface area contributed by atoms with E-state index in [4.69, 9.17) is 0 Å². The van der Waals surface area contributed by atoms with Crippen LogP contribution in [0.1, 0.15) is 20.0 Å². The molecule has 2 aromatic heterocycles. The summed E-state index contributed by atoms with van der Waals surface area (Å²) in [4.78, 5) is 37.1. The van der Waals surface area contributed by atoms with Crippen molar-refractivity contribution in [2.24, 2.45) is 0 Å². The minimum atomic E-state index is -0.625. The summed E-state index contributed by atoms with van der Waals surface area (Å²) in [5, 5.41) is 10.4. The fraction of sp³-hybridized carbons (Fsp3) is 0. The molecule has 0 spiro atoms. The summed E-state index contributed by atoms with van der Waals surface area (Å²) in [5.41, 5.74) is 4.65. The number of aromatic nitrogens is 1.